The van der Waals surface area contributed by atoms with Crippen molar-refractivity contribution >= 4 is 27.5 Å². The minimum atomic E-state index is -4.55. The normalized spacial score (nSPS) is 14.0. The topological polar surface area (TPSA) is 213 Å². The van der Waals surface area contributed by atoms with Crippen LogP contribution in [0.1, 0.15) is 59.9 Å². The fourth-order valence-electron chi connectivity index (χ4n) is 5.23. The molecule has 51 heavy (non-hydrogen) atoms. The summed E-state index contributed by atoms with van der Waals surface area (Å²) in [4.78, 5) is 37.6. The van der Waals surface area contributed by atoms with Crippen LogP contribution in [0.15, 0.2) is 47.4 Å². The highest BCUT2D eigenvalue weighted by atomic mass is 32.2. The van der Waals surface area contributed by atoms with Crippen molar-refractivity contribution in [3.8, 4) is 11.5 Å². The molecule has 0 aliphatic carbocycles. The molecule has 0 aliphatic heterocycles. The van der Waals surface area contributed by atoms with Crippen LogP contribution >= 0.6 is 0 Å². The predicted octanol–water partition coefficient (Wildman–Crippen LogP) is 3.23. The van der Waals surface area contributed by atoms with Crippen LogP contribution in [0.25, 0.3) is 0 Å². The van der Waals surface area contributed by atoms with Gasteiger partial charge in [0.05, 0.1) is 36.2 Å². The number of rotatable bonds is 23. The number of hydrogen-bond donors (Lipinski definition) is 4. The maximum atomic E-state index is 13.8. The van der Waals surface area contributed by atoms with Crippen molar-refractivity contribution in [3.05, 3.63) is 58.1 Å². The molecule has 0 unspecified atom stereocenters. The van der Waals surface area contributed by atoms with Crippen LogP contribution in [-0.2, 0) is 30.9 Å². The zero-order valence-electron chi connectivity index (χ0n) is 30.9. The first-order valence-corrected chi connectivity index (χ1v) is 18.4. The van der Waals surface area contributed by atoms with Crippen LogP contribution in [0.4, 0.5) is 5.69 Å². The number of nitro benzene ring substituents is 1. The van der Waals surface area contributed by atoms with Gasteiger partial charge in [-0.15, -0.1) is 0 Å². The zero-order chi connectivity index (χ0) is 38.5. The van der Waals surface area contributed by atoms with Crippen molar-refractivity contribution in [1.29, 1.82) is 0 Å². The number of benzene rings is 2. The minimum absolute atomic E-state index is 0.0319. The molecule has 2 rings (SSSR count). The molecule has 0 aliphatic rings. The maximum absolute atomic E-state index is 13.8. The molecular weight excluding hydrogens is 682 g/mol. The lowest BCUT2D eigenvalue weighted by atomic mass is 9.86. The van der Waals surface area contributed by atoms with Crippen molar-refractivity contribution in [2.24, 2.45) is 23.0 Å². The van der Waals surface area contributed by atoms with Gasteiger partial charge in [-0.3, -0.25) is 24.6 Å². The molecule has 0 spiro atoms. The van der Waals surface area contributed by atoms with Crippen molar-refractivity contribution in [1.82, 2.24) is 14.9 Å². The molecule has 286 valence electrons. The number of amides is 2. The molecular formula is C35H55N5O10S. The highest BCUT2D eigenvalue weighted by molar-refractivity contribution is 7.89. The van der Waals surface area contributed by atoms with E-state index in [1.165, 1.54) is 19.2 Å². The predicted molar refractivity (Wildman–Crippen MR) is 193 cm³/mol. The molecule has 3 atom stereocenters. The summed E-state index contributed by atoms with van der Waals surface area (Å²) in [5, 5.41) is 26.2. The Bertz CT molecular complexity index is 1570. The maximum Gasteiger partial charge on any atom is 0.289 e. The fraction of sp³-hybridized carbons (Fsp3) is 0.600. The van der Waals surface area contributed by atoms with Crippen molar-refractivity contribution < 1.29 is 42.2 Å². The Hall–Kier alpha value is -3.83. The van der Waals surface area contributed by atoms with Gasteiger partial charge in [-0.05, 0) is 63.8 Å². The molecule has 0 heterocycles. The SMILES string of the molecule is COCCCOc1cc(CN(C[C@H](NS(=O)(=O)c2ccccc2[N+](=O)[O-])[C@@H](O)C[C@H](C(=O)NCC(C)(C)C(N)=O)C(C)C)C(C)C)ccc1OC. The van der Waals surface area contributed by atoms with E-state index in [0.717, 1.165) is 17.7 Å². The van der Waals surface area contributed by atoms with E-state index in [1.807, 2.05) is 30.9 Å². The second kappa shape index (κ2) is 19.7. The highest BCUT2D eigenvalue weighted by Crippen LogP contribution is 2.30. The summed E-state index contributed by atoms with van der Waals surface area (Å²) in [6.07, 6.45) is -0.903. The second-order valence-electron chi connectivity index (χ2n) is 13.8. The average molecular weight is 738 g/mol. The molecule has 5 N–H and O–H groups in total. The van der Waals surface area contributed by atoms with Gasteiger partial charge in [-0.1, -0.05) is 32.0 Å². The monoisotopic (exact) mass is 737 g/mol. The summed E-state index contributed by atoms with van der Waals surface area (Å²) >= 11 is 0. The lowest BCUT2D eigenvalue weighted by molar-refractivity contribution is -0.387. The van der Waals surface area contributed by atoms with E-state index in [9.17, 15) is 33.2 Å². The quantitative estimate of drug-likeness (QED) is 0.0739. The number of carbonyl (C=O) groups excluding carboxylic acids is 2. The smallest absolute Gasteiger partial charge is 0.289 e. The molecule has 2 aromatic carbocycles. The van der Waals surface area contributed by atoms with Gasteiger partial charge in [-0.25, -0.2) is 13.1 Å². The average Bonchev–Trinajstić information content (AvgIpc) is 3.06. The van der Waals surface area contributed by atoms with Crippen LogP contribution < -0.4 is 25.2 Å². The van der Waals surface area contributed by atoms with Gasteiger partial charge in [0, 0.05) is 57.8 Å². The van der Waals surface area contributed by atoms with Crippen LogP contribution in [0, 0.1) is 27.4 Å². The number of sulfonamides is 1. The van der Waals surface area contributed by atoms with E-state index in [4.69, 9.17) is 19.9 Å². The lowest BCUT2D eigenvalue weighted by Crippen LogP contribution is -2.53. The zero-order valence-corrected chi connectivity index (χ0v) is 31.7. The number of methoxy groups -OCH3 is 2. The number of aliphatic hydroxyl groups is 1. The molecule has 0 aromatic heterocycles. The molecule has 2 aromatic rings. The number of hydrogen-bond acceptors (Lipinski definition) is 11. The number of primary amides is 1. The Morgan fingerprint density at radius 1 is 1.06 bits per heavy atom. The van der Waals surface area contributed by atoms with E-state index in [2.05, 4.69) is 10.0 Å². The minimum Gasteiger partial charge on any atom is -0.493 e. The van der Waals surface area contributed by atoms with E-state index < -0.39 is 60.8 Å². The molecule has 2 amide bonds. The van der Waals surface area contributed by atoms with Gasteiger partial charge in [0.25, 0.3) is 5.69 Å². The van der Waals surface area contributed by atoms with E-state index in [0.29, 0.717) is 37.7 Å². The third kappa shape index (κ3) is 13.0. The van der Waals surface area contributed by atoms with Gasteiger partial charge in [0.15, 0.2) is 16.4 Å². The first-order chi connectivity index (χ1) is 23.8. The number of nitrogens with one attached hydrogen (secondary N) is 2. The third-order valence-corrected chi connectivity index (χ3v) is 10.2. The molecule has 0 fully saturated rings. The number of nitro groups is 1. The van der Waals surface area contributed by atoms with Gasteiger partial charge in [0.1, 0.15) is 0 Å². The van der Waals surface area contributed by atoms with Gasteiger partial charge < -0.3 is 30.4 Å². The Morgan fingerprint density at radius 3 is 2.29 bits per heavy atom. The largest absolute Gasteiger partial charge is 0.493 e. The number of aliphatic hydroxyl groups excluding tert-OH is 1. The van der Waals surface area contributed by atoms with Crippen LogP contribution in [0.3, 0.4) is 0 Å². The molecule has 15 nitrogen and oxygen atoms in total. The number of carbonyl (C=O) groups is 2. The summed E-state index contributed by atoms with van der Waals surface area (Å²) in [5.41, 5.74) is 4.65. The summed E-state index contributed by atoms with van der Waals surface area (Å²) in [6, 6.07) is 9.03. The molecule has 0 bridgehead atoms. The summed E-state index contributed by atoms with van der Waals surface area (Å²) in [5.74, 6) is -1.04. The molecule has 0 saturated heterocycles. The summed E-state index contributed by atoms with van der Waals surface area (Å²) < 4.78 is 46.6. The second-order valence-corrected chi connectivity index (χ2v) is 15.5. The molecule has 0 saturated carbocycles. The first kappa shape index (κ1) is 43.3. The molecule has 0 radical (unpaired) electrons. The summed E-state index contributed by atoms with van der Waals surface area (Å²) in [7, 11) is -1.40. The Kier molecular flexibility index (Phi) is 16.7. The van der Waals surface area contributed by atoms with Gasteiger partial charge in [0.2, 0.25) is 21.8 Å². The fourth-order valence-corrected chi connectivity index (χ4v) is 6.66. The van der Waals surface area contributed by atoms with Crippen LogP contribution in [0.5, 0.6) is 11.5 Å². The van der Waals surface area contributed by atoms with Crippen molar-refractivity contribution in [2.45, 2.75) is 84.0 Å². The van der Waals surface area contributed by atoms with Crippen molar-refractivity contribution in [2.75, 3.05) is 40.5 Å². The third-order valence-electron chi connectivity index (χ3n) is 8.66. The Balaban J connectivity index is 2.49. The van der Waals surface area contributed by atoms with E-state index in [1.54, 1.807) is 40.9 Å². The first-order valence-electron chi connectivity index (χ1n) is 16.9. The van der Waals surface area contributed by atoms with Gasteiger partial charge in [-0.2, -0.15) is 0 Å². The van der Waals surface area contributed by atoms with E-state index in [-0.39, 0.29) is 31.5 Å². The lowest BCUT2D eigenvalue weighted by Gasteiger charge is -2.35. The Labute approximate surface area is 301 Å². The van der Waals surface area contributed by atoms with Crippen LogP contribution in [0.2, 0.25) is 0 Å². The number of ether oxygens (including phenoxy) is 3. The van der Waals surface area contributed by atoms with Crippen molar-refractivity contribution in [3.63, 3.8) is 0 Å². The standard InChI is InChI=1S/C35H55N5O10S/c1-23(2)26(33(42)37-22-35(5,6)34(36)43)19-29(41)27(38-51(46,47)32-13-10-9-12-28(32)40(44)45)21-39(24(3)4)20-25-14-15-30(49-8)31(18-25)50-17-11-16-48-7/h9-10,12-15,18,23-24,26-27,29,38,41H,11,16-17,19-22H2,1-8H3,(H2,36,43)(H,37,42)/t26-,27-,29-/m0/s1. The summed E-state index contributed by atoms with van der Waals surface area (Å²) in [6.45, 7) is 11.8. The van der Waals surface area contributed by atoms with Crippen LogP contribution in [-0.4, -0.2) is 93.9 Å². The molecule has 16 heteroatoms. The highest BCUT2D eigenvalue weighted by Gasteiger charge is 2.36. The van der Waals surface area contributed by atoms with Gasteiger partial charge >= 0.3 is 0 Å². The Morgan fingerprint density at radius 2 is 1.73 bits per heavy atom. The van der Waals surface area contributed by atoms with E-state index >= 15 is 0 Å². The number of nitrogens with zero attached hydrogens (tertiary/aromatic N) is 2. The number of para-hydroxylation sites is 1. The number of nitrogens with two attached hydrogens (primary N) is 1.